The molecular weight excluding hydrogens is 306 g/mol. The third-order valence-corrected chi connectivity index (χ3v) is 4.14. The predicted molar refractivity (Wildman–Crippen MR) is 89.2 cm³/mol. The Bertz CT molecular complexity index is 757. The zero-order chi connectivity index (χ0) is 16.9. The fourth-order valence-electron chi connectivity index (χ4n) is 2.83. The number of hydrogen-bond donors (Lipinski definition) is 2. The minimum Gasteiger partial charge on any atom is -0.492 e. The fourth-order valence-corrected chi connectivity index (χ4v) is 2.83. The molecule has 24 heavy (non-hydrogen) atoms. The number of carbonyl (C=O) groups excluding carboxylic acids is 1. The number of para-hydroxylation sites is 1. The molecule has 5 heteroatoms. The molecule has 0 fully saturated rings. The predicted octanol–water partition coefficient (Wildman–Crippen LogP) is 2.29. The lowest BCUT2D eigenvalue weighted by atomic mass is 9.96. The first kappa shape index (κ1) is 16.1. The van der Waals surface area contributed by atoms with Crippen molar-refractivity contribution in [2.45, 2.75) is 12.8 Å². The van der Waals surface area contributed by atoms with Crippen molar-refractivity contribution in [2.24, 2.45) is 5.92 Å². The summed E-state index contributed by atoms with van der Waals surface area (Å²) >= 11 is 0. The van der Waals surface area contributed by atoms with E-state index < -0.39 is 5.97 Å². The number of nitrogens with one attached hydrogen (secondary N) is 1. The van der Waals surface area contributed by atoms with Gasteiger partial charge in [0, 0.05) is 6.54 Å². The van der Waals surface area contributed by atoms with Crippen molar-refractivity contribution in [1.82, 2.24) is 5.32 Å². The summed E-state index contributed by atoms with van der Waals surface area (Å²) in [7, 11) is 0. The number of fused-ring (bicyclic) bond motifs is 1. The minimum atomic E-state index is -0.945. The van der Waals surface area contributed by atoms with Crippen LogP contribution in [-0.4, -0.2) is 30.1 Å². The van der Waals surface area contributed by atoms with Crippen LogP contribution in [0.3, 0.4) is 0 Å². The smallest absolute Gasteiger partial charge is 0.335 e. The molecule has 1 heterocycles. The summed E-state index contributed by atoms with van der Waals surface area (Å²) in [6.07, 6.45) is 1.27. The lowest BCUT2D eigenvalue weighted by Gasteiger charge is -2.24. The topological polar surface area (TPSA) is 75.6 Å². The van der Waals surface area contributed by atoms with Crippen LogP contribution in [0, 0.1) is 5.92 Å². The quantitative estimate of drug-likeness (QED) is 0.884. The molecule has 124 valence electrons. The summed E-state index contributed by atoms with van der Waals surface area (Å²) < 4.78 is 5.64. The highest BCUT2D eigenvalue weighted by atomic mass is 16.5. The van der Waals surface area contributed by atoms with Crippen LogP contribution in [0.25, 0.3) is 0 Å². The summed E-state index contributed by atoms with van der Waals surface area (Å²) in [5.74, 6) is -0.310. The van der Waals surface area contributed by atoms with Gasteiger partial charge in [-0.15, -0.1) is 0 Å². The number of benzene rings is 2. The zero-order valence-corrected chi connectivity index (χ0v) is 13.2. The molecule has 3 rings (SSSR count). The van der Waals surface area contributed by atoms with Gasteiger partial charge in [0.05, 0.1) is 11.5 Å². The van der Waals surface area contributed by atoms with Crippen LogP contribution in [0.4, 0.5) is 0 Å². The average Bonchev–Trinajstić information content (AvgIpc) is 2.61. The van der Waals surface area contributed by atoms with Crippen LogP contribution in [0.5, 0.6) is 5.75 Å². The Kier molecular flexibility index (Phi) is 4.79. The Balaban J connectivity index is 1.51. The maximum atomic E-state index is 12.3. The van der Waals surface area contributed by atoms with E-state index in [2.05, 4.69) is 5.32 Å². The monoisotopic (exact) mass is 325 g/mol. The number of aromatic carboxylic acids is 1. The Morgan fingerprint density at radius 1 is 1.17 bits per heavy atom. The molecule has 2 aromatic carbocycles. The first-order valence-corrected chi connectivity index (χ1v) is 7.94. The fraction of sp³-hybridized carbons (Fsp3) is 0.263. The Hall–Kier alpha value is -2.82. The van der Waals surface area contributed by atoms with Crippen molar-refractivity contribution in [3.8, 4) is 5.75 Å². The highest BCUT2D eigenvalue weighted by Gasteiger charge is 2.25. The molecule has 0 radical (unpaired) electrons. The highest BCUT2D eigenvalue weighted by molar-refractivity contribution is 5.87. The van der Waals surface area contributed by atoms with E-state index in [4.69, 9.17) is 9.84 Å². The van der Waals surface area contributed by atoms with Gasteiger partial charge in [-0.05, 0) is 42.2 Å². The summed E-state index contributed by atoms with van der Waals surface area (Å²) in [5.41, 5.74) is 2.20. The van der Waals surface area contributed by atoms with Gasteiger partial charge in [0.1, 0.15) is 12.4 Å². The third kappa shape index (κ3) is 3.74. The molecule has 0 aliphatic carbocycles. The Labute approximate surface area is 140 Å². The molecule has 0 spiro atoms. The van der Waals surface area contributed by atoms with Crippen molar-refractivity contribution in [3.63, 3.8) is 0 Å². The molecule has 1 amide bonds. The lowest BCUT2D eigenvalue weighted by molar-refractivity contribution is -0.126. The summed E-state index contributed by atoms with van der Waals surface area (Å²) in [6.45, 7) is 0.859. The molecule has 2 aromatic rings. The van der Waals surface area contributed by atoms with Crippen molar-refractivity contribution in [3.05, 3.63) is 65.2 Å². The molecule has 5 nitrogen and oxygen atoms in total. The number of ether oxygens (including phenoxy) is 1. The van der Waals surface area contributed by atoms with Gasteiger partial charge in [-0.25, -0.2) is 4.79 Å². The summed E-state index contributed by atoms with van der Waals surface area (Å²) in [4.78, 5) is 23.2. The van der Waals surface area contributed by atoms with Gasteiger partial charge in [0.15, 0.2) is 0 Å². The second-order valence-corrected chi connectivity index (χ2v) is 5.87. The first-order chi connectivity index (χ1) is 11.6. The van der Waals surface area contributed by atoms with E-state index in [1.165, 1.54) is 0 Å². The van der Waals surface area contributed by atoms with Crippen molar-refractivity contribution >= 4 is 11.9 Å². The SMILES string of the molecule is O=C(O)c1cccc(CCNC(=O)[C@H]2COc3ccccc3C2)c1. The van der Waals surface area contributed by atoms with Gasteiger partial charge in [0.2, 0.25) is 5.91 Å². The van der Waals surface area contributed by atoms with Crippen molar-refractivity contribution < 1.29 is 19.4 Å². The molecule has 0 bridgehead atoms. The van der Waals surface area contributed by atoms with Gasteiger partial charge >= 0.3 is 5.97 Å². The van der Waals surface area contributed by atoms with E-state index in [1.54, 1.807) is 18.2 Å². The highest BCUT2D eigenvalue weighted by Crippen LogP contribution is 2.26. The van der Waals surface area contributed by atoms with Crippen molar-refractivity contribution in [1.29, 1.82) is 0 Å². The van der Waals surface area contributed by atoms with E-state index in [-0.39, 0.29) is 17.4 Å². The normalized spacial score (nSPS) is 15.9. The number of carbonyl (C=O) groups is 2. The summed E-state index contributed by atoms with van der Waals surface area (Å²) in [5, 5.41) is 11.9. The number of hydrogen-bond acceptors (Lipinski definition) is 3. The van der Waals surface area contributed by atoms with E-state index in [9.17, 15) is 9.59 Å². The number of rotatable bonds is 5. The lowest BCUT2D eigenvalue weighted by Crippen LogP contribution is -2.38. The third-order valence-electron chi connectivity index (χ3n) is 4.14. The maximum Gasteiger partial charge on any atom is 0.335 e. The van der Waals surface area contributed by atoms with E-state index in [0.29, 0.717) is 26.0 Å². The number of carboxylic acid groups (broad SMARTS) is 1. The van der Waals surface area contributed by atoms with Gasteiger partial charge in [-0.3, -0.25) is 4.79 Å². The average molecular weight is 325 g/mol. The van der Waals surface area contributed by atoms with Crippen LogP contribution >= 0.6 is 0 Å². The van der Waals surface area contributed by atoms with Gasteiger partial charge in [-0.1, -0.05) is 30.3 Å². The molecular formula is C19H19NO4. The molecule has 0 unspecified atom stereocenters. The molecule has 1 aliphatic heterocycles. The zero-order valence-electron chi connectivity index (χ0n) is 13.2. The largest absolute Gasteiger partial charge is 0.492 e. The van der Waals surface area contributed by atoms with Crippen LogP contribution in [0.15, 0.2) is 48.5 Å². The van der Waals surface area contributed by atoms with Crippen LogP contribution in [0.2, 0.25) is 0 Å². The maximum absolute atomic E-state index is 12.3. The number of carboxylic acids is 1. The molecule has 0 saturated carbocycles. The Morgan fingerprint density at radius 2 is 2.00 bits per heavy atom. The van der Waals surface area contributed by atoms with Crippen LogP contribution in [0.1, 0.15) is 21.5 Å². The number of amides is 1. The minimum absolute atomic E-state index is 0.0288. The molecule has 0 aromatic heterocycles. The van der Waals surface area contributed by atoms with E-state index in [1.807, 2.05) is 30.3 Å². The van der Waals surface area contributed by atoms with Gasteiger partial charge < -0.3 is 15.2 Å². The molecule has 2 N–H and O–H groups in total. The van der Waals surface area contributed by atoms with Gasteiger partial charge in [0.25, 0.3) is 0 Å². The first-order valence-electron chi connectivity index (χ1n) is 7.94. The van der Waals surface area contributed by atoms with Crippen molar-refractivity contribution in [2.75, 3.05) is 13.2 Å². The van der Waals surface area contributed by atoms with E-state index in [0.717, 1.165) is 16.9 Å². The molecule has 1 atom stereocenters. The second-order valence-electron chi connectivity index (χ2n) is 5.87. The van der Waals surface area contributed by atoms with Gasteiger partial charge in [-0.2, -0.15) is 0 Å². The molecule has 0 saturated heterocycles. The standard InChI is InChI=1S/C19H19NO4/c21-18(16-11-14-5-1-2-7-17(14)24-12-16)20-9-8-13-4-3-6-15(10-13)19(22)23/h1-7,10,16H,8-9,11-12H2,(H,20,21)(H,22,23)/t16-/m1/s1. The second kappa shape index (κ2) is 7.17. The van der Waals surface area contributed by atoms with Crippen LogP contribution < -0.4 is 10.1 Å². The summed E-state index contributed by atoms with van der Waals surface area (Å²) in [6, 6.07) is 14.5. The van der Waals surface area contributed by atoms with Crippen LogP contribution in [-0.2, 0) is 17.6 Å². The molecule has 1 aliphatic rings. The van der Waals surface area contributed by atoms with E-state index >= 15 is 0 Å². The Morgan fingerprint density at radius 3 is 2.83 bits per heavy atom.